The molecule has 4 atom stereocenters. The number of hydrogen-bond acceptors (Lipinski definition) is 3. The molecular formula is C41H39N3. The van der Waals surface area contributed by atoms with E-state index in [2.05, 4.69) is 151 Å². The average Bonchev–Trinajstić information content (AvgIpc) is 3.08. The van der Waals surface area contributed by atoms with Crippen molar-refractivity contribution < 1.29 is 0 Å². The fraction of sp³-hybridized carbons (Fsp3) is 0.171. The molecule has 0 aromatic heterocycles. The number of rotatable bonds is 6. The molecule has 0 radical (unpaired) electrons. The minimum absolute atomic E-state index is 0.0108. The molecule has 0 aliphatic carbocycles. The third-order valence-corrected chi connectivity index (χ3v) is 9.27. The fourth-order valence-corrected chi connectivity index (χ4v) is 6.98. The van der Waals surface area contributed by atoms with E-state index in [-0.39, 0.29) is 18.2 Å². The van der Waals surface area contributed by atoms with Crippen LogP contribution in [0.25, 0.3) is 38.7 Å². The zero-order valence-corrected chi connectivity index (χ0v) is 25.4. The smallest absolute Gasteiger partial charge is 0.0845 e. The summed E-state index contributed by atoms with van der Waals surface area (Å²) >= 11 is 0. The lowest BCUT2D eigenvalue weighted by Gasteiger charge is -2.45. The summed E-state index contributed by atoms with van der Waals surface area (Å²) in [5.74, 6) is 0.338. The summed E-state index contributed by atoms with van der Waals surface area (Å²) in [5.41, 5.74) is 14.5. The van der Waals surface area contributed by atoms with Gasteiger partial charge in [0.1, 0.15) is 0 Å². The highest BCUT2D eigenvalue weighted by molar-refractivity contribution is 5.84. The molecule has 0 saturated carbocycles. The molecule has 6 aromatic rings. The van der Waals surface area contributed by atoms with Gasteiger partial charge in [-0.25, -0.2) is 0 Å². The maximum atomic E-state index is 6.44. The van der Waals surface area contributed by atoms with E-state index in [1.54, 1.807) is 0 Å². The molecule has 4 N–H and O–H groups in total. The molecule has 1 aliphatic heterocycles. The Balaban J connectivity index is 1.31. The van der Waals surface area contributed by atoms with E-state index >= 15 is 0 Å². The lowest BCUT2D eigenvalue weighted by Crippen LogP contribution is -2.50. The van der Waals surface area contributed by atoms with Gasteiger partial charge in [-0.1, -0.05) is 122 Å². The van der Waals surface area contributed by atoms with Crippen molar-refractivity contribution in [1.82, 2.24) is 10.6 Å². The Hall–Kier alpha value is -4.70. The molecule has 4 unspecified atom stereocenters. The molecule has 1 aliphatic rings. The summed E-state index contributed by atoms with van der Waals surface area (Å²) in [6.45, 7) is 4.33. The maximum absolute atomic E-state index is 6.44. The minimum Gasteiger partial charge on any atom is -0.398 e. The number of nitrogens with two attached hydrogens (primary N) is 1. The van der Waals surface area contributed by atoms with E-state index in [9.17, 15) is 0 Å². The summed E-state index contributed by atoms with van der Waals surface area (Å²) in [6, 6.07) is 46.7. The number of benzene rings is 6. The van der Waals surface area contributed by atoms with E-state index in [4.69, 9.17) is 5.73 Å². The first-order valence-electron chi connectivity index (χ1n) is 15.7. The van der Waals surface area contributed by atoms with Gasteiger partial charge in [-0.05, 0) is 98.5 Å². The predicted molar refractivity (Wildman–Crippen MR) is 187 cm³/mol. The topological polar surface area (TPSA) is 50.1 Å². The Morgan fingerprint density at radius 2 is 1.18 bits per heavy atom. The molecule has 218 valence electrons. The Labute approximate surface area is 260 Å². The number of nitrogen functional groups attached to an aromatic ring is 1. The molecule has 0 bridgehead atoms. The first-order chi connectivity index (χ1) is 21.6. The Kier molecular flexibility index (Phi) is 7.74. The second-order valence-electron chi connectivity index (χ2n) is 12.0. The van der Waals surface area contributed by atoms with Crippen LogP contribution in [0.3, 0.4) is 0 Å². The summed E-state index contributed by atoms with van der Waals surface area (Å²) in [5, 5.41) is 13.2. The van der Waals surface area contributed by atoms with Crippen molar-refractivity contribution in [3.8, 4) is 11.1 Å². The van der Waals surface area contributed by atoms with Crippen LogP contribution in [0.1, 0.15) is 60.8 Å². The Morgan fingerprint density at radius 3 is 1.82 bits per heavy atom. The third-order valence-electron chi connectivity index (χ3n) is 9.27. The number of fused-ring (bicyclic) bond motifs is 2. The highest BCUT2D eigenvalue weighted by atomic mass is 15.2. The molecule has 44 heavy (non-hydrogen) atoms. The second kappa shape index (κ2) is 12.1. The van der Waals surface area contributed by atoms with Crippen molar-refractivity contribution in [2.24, 2.45) is 5.92 Å². The minimum atomic E-state index is -0.0108. The van der Waals surface area contributed by atoms with Crippen LogP contribution in [-0.2, 0) is 0 Å². The maximum Gasteiger partial charge on any atom is 0.0845 e. The Morgan fingerprint density at radius 1 is 0.591 bits per heavy atom. The quantitative estimate of drug-likeness (QED) is 0.174. The van der Waals surface area contributed by atoms with Gasteiger partial charge >= 0.3 is 0 Å². The highest BCUT2D eigenvalue weighted by Crippen LogP contribution is 2.43. The first kappa shape index (κ1) is 28.1. The molecule has 0 amide bonds. The molecule has 3 heteroatoms. The van der Waals surface area contributed by atoms with E-state index < -0.39 is 0 Å². The van der Waals surface area contributed by atoms with Gasteiger partial charge in [0.25, 0.3) is 0 Å². The predicted octanol–water partition coefficient (Wildman–Crippen LogP) is 9.98. The van der Waals surface area contributed by atoms with E-state index in [0.29, 0.717) is 5.92 Å². The molecule has 1 saturated heterocycles. The van der Waals surface area contributed by atoms with E-state index in [0.717, 1.165) is 23.2 Å². The first-order valence-corrected chi connectivity index (χ1v) is 15.7. The van der Waals surface area contributed by atoms with Crippen molar-refractivity contribution in [2.45, 2.75) is 38.5 Å². The van der Waals surface area contributed by atoms with Crippen LogP contribution in [0.2, 0.25) is 0 Å². The molecule has 1 heterocycles. The normalized spacial score (nSPS) is 20.4. The average molecular weight is 574 g/mol. The number of allylic oxidation sites excluding steroid dienone is 1. The van der Waals surface area contributed by atoms with Gasteiger partial charge in [0.05, 0.1) is 6.17 Å². The van der Waals surface area contributed by atoms with Gasteiger partial charge in [0, 0.05) is 17.8 Å². The van der Waals surface area contributed by atoms with Gasteiger partial charge < -0.3 is 5.73 Å². The van der Waals surface area contributed by atoms with Gasteiger partial charge in [0.2, 0.25) is 0 Å². The SMILES string of the molecule is C/C=C\c1ccc(-c2cccc(C3NC(c4ccc5ccccc5c4)NC(c4ccc5ccccc5c4)C3CC)c2)cc1N. The highest BCUT2D eigenvalue weighted by Gasteiger charge is 2.38. The van der Waals surface area contributed by atoms with Crippen LogP contribution in [0.4, 0.5) is 5.69 Å². The van der Waals surface area contributed by atoms with Crippen LogP contribution in [0.15, 0.2) is 133 Å². The van der Waals surface area contributed by atoms with Crippen LogP contribution in [-0.4, -0.2) is 0 Å². The van der Waals surface area contributed by atoms with Crippen LogP contribution in [0.5, 0.6) is 0 Å². The molecular weight excluding hydrogens is 534 g/mol. The van der Waals surface area contributed by atoms with Gasteiger partial charge in [-0.2, -0.15) is 0 Å². The van der Waals surface area contributed by atoms with E-state index in [1.165, 1.54) is 43.8 Å². The molecule has 0 spiro atoms. The summed E-state index contributed by atoms with van der Waals surface area (Å²) in [6.07, 6.45) is 5.10. The monoisotopic (exact) mass is 573 g/mol. The standard InChI is InChI=1S/C41H39N3/c1-3-10-29-19-20-33(26-38(29)42)32-15-9-16-34(24-32)39-37(4-2)40(35-21-17-27-11-5-7-13-30(27)23-35)44-41(43-39)36-22-18-28-12-6-8-14-31(28)25-36/h3,5-26,37,39-41,43-44H,4,42H2,1-2H3/b10-3-. The lowest BCUT2D eigenvalue weighted by atomic mass is 9.78. The van der Waals surface area contributed by atoms with Gasteiger partial charge in [-0.15, -0.1) is 0 Å². The van der Waals surface area contributed by atoms with E-state index in [1.807, 2.05) is 13.0 Å². The molecule has 6 aromatic carbocycles. The van der Waals surface area contributed by atoms with Crippen molar-refractivity contribution >= 4 is 33.3 Å². The fourth-order valence-electron chi connectivity index (χ4n) is 6.98. The molecule has 3 nitrogen and oxygen atoms in total. The van der Waals surface area contributed by atoms with Crippen molar-refractivity contribution in [1.29, 1.82) is 0 Å². The number of hydrogen-bond donors (Lipinski definition) is 3. The largest absolute Gasteiger partial charge is 0.398 e. The van der Waals surface area contributed by atoms with Gasteiger partial charge in [-0.3, -0.25) is 10.6 Å². The van der Waals surface area contributed by atoms with Crippen LogP contribution < -0.4 is 16.4 Å². The van der Waals surface area contributed by atoms with Crippen molar-refractivity contribution in [2.75, 3.05) is 5.73 Å². The van der Waals surface area contributed by atoms with Crippen molar-refractivity contribution in [3.05, 3.63) is 156 Å². The van der Waals surface area contributed by atoms with Crippen LogP contribution in [0, 0.1) is 5.92 Å². The summed E-state index contributed by atoms with van der Waals surface area (Å²) in [4.78, 5) is 0. The zero-order valence-electron chi connectivity index (χ0n) is 25.4. The molecule has 1 fully saturated rings. The molecule has 7 rings (SSSR count). The van der Waals surface area contributed by atoms with Gasteiger partial charge in [0.15, 0.2) is 0 Å². The number of nitrogens with one attached hydrogen (secondary N) is 2. The summed E-state index contributed by atoms with van der Waals surface area (Å²) < 4.78 is 0. The van der Waals surface area contributed by atoms with Crippen LogP contribution >= 0.6 is 0 Å². The zero-order chi connectivity index (χ0) is 30.0. The second-order valence-corrected chi connectivity index (χ2v) is 12.0. The van der Waals surface area contributed by atoms with Crippen molar-refractivity contribution in [3.63, 3.8) is 0 Å². The summed E-state index contributed by atoms with van der Waals surface area (Å²) in [7, 11) is 0. The number of anilines is 1. The lowest BCUT2D eigenvalue weighted by molar-refractivity contribution is 0.156. The Bertz CT molecular complexity index is 1970. The third kappa shape index (κ3) is 5.41.